The van der Waals surface area contributed by atoms with E-state index in [1.807, 2.05) is 0 Å². The van der Waals surface area contributed by atoms with E-state index in [0.29, 0.717) is 0 Å². The minimum atomic E-state index is -0.382. The zero-order valence-corrected chi connectivity index (χ0v) is 23.0. The smallest absolute Gasteiger partial charge is 0.0200 e. The third kappa shape index (κ3) is 4.46. The molecular weight excluding hydrogens is 386 g/mol. The summed E-state index contributed by atoms with van der Waals surface area (Å²) in [4.78, 5) is 0. The summed E-state index contributed by atoms with van der Waals surface area (Å²) in [7, 11) is 2.94. The van der Waals surface area contributed by atoms with Crippen molar-refractivity contribution in [1.82, 2.24) is 0 Å². The van der Waals surface area contributed by atoms with Crippen LogP contribution in [0.2, 0.25) is 0 Å². The fraction of sp³-hybridized carbons (Fsp3) is 0.630. The zero-order valence-electron chi connectivity index (χ0n) is 21.0. The molecule has 0 saturated carbocycles. The molecule has 0 nitrogen and oxygen atoms in total. The van der Waals surface area contributed by atoms with Crippen LogP contribution in [-0.2, 0) is 5.16 Å². The topological polar surface area (TPSA) is 0 Å². The Bertz CT molecular complexity index is 831. The summed E-state index contributed by atoms with van der Waals surface area (Å²) in [5, 5.41) is 4.86. The standard InChI is InChI=1S/C27H44P2/c1-23(2,3)27(28,24(4,5)6)20-17-13-15-19-16-14-18-21(22(19)20)29(25(7,8)9)26(10,11)12/h13-18H,28H2,1-12H3. The molecule has 0 spiro atoms. The molecule has 2 heteroatoms. The average Bonchev–Trinajstić information content (AvgIpc) is 2.48. The second-order valence-electron chi connectivity index (χ2n) is 12.7. The molecule has 0 amide bonds. The van der Waals surface area contributed by atoms with Gasteiger partial charge < -0.3 is 0 Å². The molecule has 0 heterocycles. The maximum absolute atomic E-state index is 3.32. The first kappa shape index (κ1) is 24.8. The minimum Gasteiger partial charge on any atom is -0.125 e. The van der Waals surface area contributed by atoms with Crippen LogP contribution in [0.3, 0.4) is 0 Å². The highest BCUT2D eigenvalue weighted by Crippen LogP contribution is 2.62. The summed E-state index contributed by atoms with van der Waals surface area (Å²) in [5.41, 5.74) is 1.68. The molecule has 0 radical (unpaired) electrons. The van der Waals surface area contributed by atoms with Gasteiger partial charge in [0, 0.05) is 5.16 Å². The van der Waals surface area contributed by atoms with Gasteiger partial charge >= 0.3 is 0 Å². The molecule has 0 fully saturated rings. The van der Waals surface area contributed by atoms with Crippen molar-refractivity contribution < 1.29 is 0 Å². The van der Waals surface area contributed by atoms with E-state index in [2.05, 4.69) is 129 Å². The van der Waals surface area contributed by atoms with E-state index in [1.165, 1.54) is 16.3 Å². The van der Waals surface area contributed by atoms with Gasteiger partial charge in [0.25, 0.3) is 0 Å². The lowest BCUT2D eigenvalue weighted by molar-refractivity contribution is 0.141. The Labute approximate surface area is 184 Å². The summed E-state index contributed by atoms with van der Waals surface area (Å²) in [6.07, 6.45) is 0. The minimum absolute atomic E-state index is 0.0492. The van der Waals surface area contributed by atoms with Crippen LogP contribution in [-0.4, -0.2) is 10.3 Å². The molecule has 1 atom stereocenters. The molecular formula is C27H44P2. The Morgan fingerprint density at radius 2 is 1.03 bits per heavy atom. The fourth-order valence-electron chi connectivity index (χ4n) is 5.50. The zero-order chi connectivity index (χ0) is 22.6. The van der Waals surface area contributed by atoms with Crippen LogP contribution in [0.1, 0.15) is 88.6 Å². The van der Waals surface area contributed by atoms with Crippen LogP contribution >= 0.6 is 17.2 Å². The number of hydrogen-bond acceptors (Lipinski definition) is 0. The van der Waals surface area contributed by atoms with Gasteiger partial charge in [-0.3, -0.25) is 0 Å². The molecule has 162 valence electrons. The van der Waals surface area contributed by atoms with Crippen molar-refractivity contribution in [1.29, 1.82) is 0 Å². The van der Waals surface area contributed by atoms with Crippen LogP contribution in [0.5, 0.6) is 0 Å². The molecule has 29 heavy (non-hydrogen) atoms. The van der Waals surface area contributed by atoms with E-state index in [-0.39, 0.29) is 34.2 Å². The third-order valence-corrected chi connectivity index (χ3v) is 11.8. The average molecular weight is 431 g/mol. The Hall–Kier alpha value is -0.440. The molecule has 0 saturated heterocycles. The first-order valence-corrected chi connectivity index (χ1v) is 12.9. The second kappa shape index (κ2) is 7.61. The normalized spacial score (nSPS) is 14.7. The van der Waals surface area contributed by atoms with Gasteiger partial charge in [0.15, 0.2) is 0 Å². The van der Waals surface area contributed by atoms with Gasteiger partial charge in [-0.05, 0) is 42.8 Å². The molecule has 0 aromatic heterocycles. The Morgan fingerprint density at radius 3 is 1.41 bits per heavy atom. The summed E-state index contributed by atoms with van der Waals surface area (Å²) < 4.78 is 0. The van der Waals surface area contributed by atoms with Crippen LogP contribution in [0.25, 0.3) is 10.8 Å². The van der Waals surface area contributed by atoms with Crippen molar-refractivity contribution in [3.63, 3.8) is 0 Å². The van der Waals surface area contributed by atoms with E-state index in [1.54, 1.807) is 5.30 Å². The van der Waals surface area contributed by atoms with E-state index in [9.17, 15) is 0 Å². The Morgan fingerprint density at radius 1 is 0.621 bits per heavy atom. The molecule has 2 rings (SSSR count). The van der Waals surface area contributed by atoms with Gasteiger partial charge in [-0.2, -0.15) is 0 Å². The van der Waals surface area contributed by atoms with Crippen LogP contribution in [0, 0.1) is 10.8 Å². The predicted molar refractivity (Wildman–Crippen MR) is 140 cm³/mol. The lowest BCUT2D eigenvalue weighted by Gasteiger charge is -2.52. The highest BCUT2D eigenvalue weighted by Gasteiger charge is 2.49. The summed E-state index contributed by atoms with van der Waals surface area (Å²) in [6, 6.07) is 14.0. The number of fused-ring (bicyclic) bond motifs is 1. The van der Waals surface area contributed by atoms with Crippen molar-refractivity contribution in [3.8, 4) is 0 Å². The lowest BCUT2D eigenvalue weighted by atomic mass is 9.62. The second-order valence-corrected chi connectivity index (χ2v) is 17.4. The van der Waals surface area contributed by atoms with E-state index >= 15 is 0 Å². The van der Waals surface area contributed by atoms with E-state index in [0.717, 1.165) is 0 Å². The van der Waals surface area contributed by atoms with Gasteiger partial charge in [0.2, 0.25) is 0 Å². The number of benzene rings is 2. The summed E-state index contributed by atoms with van der Waals surface area (Å²) >= 11 is 0. The predicted octanol–water partition coefficient (Wildman–Crippen LogP) is 8.71. The van der Waals surface area contributed by atoms with Crippen LogP contribution in [0.15, 0.2) is 36.4 Å². The summed E-state index contributed by atoms with van der Waals surface area (Å²) in [5.74, 6) is 0. The van der Waals surface area contributed by atoms with Crippen molar-refractivity contribution in [3.05, 3.63) is 42.0 Å². The van der Waals surface area contributed by atoms with Crippen molar-refractivity contribution in [2.24, 2.45) is 10.8 Å². The van der Waals surface area contributed by atoms with Gasteiger partial charge in [0.1, 0.15) is 0 Å². The lowest BCUT2D eigenvalue weighted by Crippen LogP contribution is -2.45. The first-order valence-electron chi connectivity index (χ1n) is 10.9. The Kier molecular flexibility index (Phi) is 6.51. The van der Waals surface area contributed by atoms with Crippen molar-refractivity contribution in [2.75, 3.05) is 0 Å². The Balaban J connectivity index is 3.06. The van der Waals surface area contributed by atoms with Gasteiger partial charge in [-0.15, -0.1) is 9.24 Å². The molecule has 0 aliphatic rings. The quantitative estimate of drug-likeness (QED) is 0.418. The highest BCUT2D eigenvalue weighted by molar-refractivity contribution is 7.69. The molecule has 2 aromatic rings. The van der Waals surface area contributed by atoms with E-state index < -0.39 is 0 Å². The summed E-state index contributed by atoms with van der Waals surface area (Å²) in [6.45, 7) is 28.9. The molecule has 2 aromatic carbocycles. The molecule has 0 N–H and O–H groups in total. The maximum atomic E-state index is 3.32. The first-order chi connectivity index (χ1) is 12.8. The van der Waals surface area contributed by atoms with Gasteiger partial charge in [0.05, 0.1) is 0 Å². The monoisotopic (exact) mass is 430 g/mol. The van der Waals surface area contributed by atoms with Crippen molar-refractivity contribution >= 4 is 33.2 Å². The van der Waals surface area contributed by atoms with Crippen molar-refractivity contribution in [2.45, 2.75) is 98.6 Å². The number of rotatable bonds is 2. The van der Waals surface area contributed by atoms with Crippen LogP contribution < -0.4 is 5.30 Å². The molecule has 0 aliphatic heterocycles. The van der Waals surface area contributed by atoms with Crippen LogP contribution in [0.4, 0.5) is 0 Å². The molecule has 0 bridgehead atoms. The van der Waals surface area contributed by atoms with Gasteiger partial charge in [-0.25, -0.2) is 0 Å². The highest BCUT2D eigenvalue weighted by atomic mass is 31.1. The molecule has 1 unspecified atom stereocenters. The van der Waals surface area contributed by atoms with E-state index in [4.69, 9.17) is 0 Å². The number of hydrogen-bond donors (Lipinski definition) is 0. The molecule has 0 aliphatic carbocycles. The third-order valence-electron chi connectivity index (χ3n) is 6.26. The van der Waals surface area contributed by atoms with Gasteiger partial charge in [-0.1, -0.05) is 127 Å². The SMILES string of the molecule is CC(C)(C)P(c1cccc2cccc(C(P)(C(C)(C)C)C(C)(C)C)c12)C(C)(C)C. The fourth-order valence-corrected chi connectivity index (χ4v) is 9.90. The largest absolute Gasteiger partial charge is 0.125 e. The maximum Gasteiger partial charge on any atom is 0.0200 e.